The highest BCUT2D eigenvalue weighted by Gasteiger charge is 2.33. The molecule has 2 unspecified atom stereocenters. The van der Waals surface area contributed by atoms with Crippen LogP contribution >= 0.6 is 0 Å². The van der Waals surface area contributed by atoms with Crippen LogP contribution in [0.3, 0.4) is 0 Å². The largest absolute Gasteiger partial charge is 0.378 e. The summed E-state index contributed by atoms with van der Waals surface area (Å²) in [6, 6.07) is -0.105. The fourth-order valence-electron chi connectivity index (χ4n) is 3.77. The summed E-state index contributed by atoms with van der Waals surface area (Å²) in [5.74, 6) is 0.0341. The summed E-state index contributed by atoms with van der Waals surface area (Å²) in [6.45, 7) is 1.48. The molecule has 2 aliphatic rings. The number of hydrogen-bond donors (Lipinski definition) is 1. The fraction of sp³-hybridized carbons (Fsp3) is 0.722. The number of nitrogens with one attached hydrogen (secondary N) is 1. The number of H-pyrrole nitrogens is 1. The van der Waals surface area contributed by atoms with Crippen molar-refractivity contribution in [2.75, 3.05) is 27.2 Å². The van der Waals surface area contributed by atoms with Gasteiger partial charge in [-0.25, -0.2) is 0 Å². The lowest BCUT2D eigenvalue weighted by atomic mass is 9.95. The van der Waals surface area contributed by atoms with Crippen LogP contribution < -0.4 is 0 Å². The van der Waals surface area contributed by atoms with E-state index in [0.29, 0.717) is 12.0 Å². The molecular formula is C18H28N4O3. The Kier molecular flexibility index (Phi) is 5.73. The Hall–Kier alpha value is -1.89. The van der Waals surface area contributed by atoms with E-state index in [2.05, 4.69) is 10.2 Å². The Bertz CT molecular complexity index is 607. The molecule has 0 saturated carbocycles. The number of hydrogen-bond acceptors (Lipinski definition) is 4. The second kappa shape index (κ2) is 7.99. The Balaban J connectivity index is 1.76. The van der Waals surface area contributed by atoms with Crippen molar-refractivity contribution in [1.29, 1.82) is 0 Å². The molecule has 3 heterocycles. The molecule has 7 nitrogen and oxygen atoms in total. The van der Waals surface area contributed by atoms with Gasteiger partial charge in [-0.1, -0.05) is 0 Å². The molecule has 25 heavy (non-hydrogen) atoms. The van der Waals surface area contributed by atoms with Gasteiger partial charge in [0.2, 0.25) is 5.91 Å². The molecule has 2 saturated heterocycles. The zero-order chi connectivity index (χ0) is 17.8. The number of amides is 2. The van der Waals surface area contributed by atoms with Gasteiger partial charge in [0.25, 0.3) is 5.91 Å². The number of aromatic nitrogens is 2. The summed E-state index contributed by atoms with van der Waals surface area (Å²) in [4.78, 5) is 28.8. The SMILES string of the molecule is CN(C)C(=O)c1cn[nH]c1C1CCCCN1C(=O)CC1CCCCO1. The average molecular weight is 348 g/mol. The first-order valence-electron chi connectivity index (χ1n) is 9.24. The molecule has 0 aliphatic carbocycles. The molecule has 0 spiro atoms. The Morgan fingerprint density at radius 2 is 2.08 bits per heavy atom. The summed E-state index contributed by atoms with van der Waals surface area (Å²) in [5.41, 5.74) is 1.32. The van der Waals surface area contributed by atoms with Crippen LogP contribution in [0.4, 0.5) is 0 Å². The van der Waals surface area contributed by atoms with E-state index in [0.717, 1.165) is 57.4 Å². The lowest BCUT2D eigenvalue weighted by Crippen LogP contribution is -2.41. The smallest absolute Gasteiger partial charge is 0.256 e. The number of ether oxygens (including phenoxy) is 1. The van der Waals surface area contributed by atoms with Crippen molar-refractivity contribution in [3.8, 4) is 0 Å². The van der Waals surface area contributed by atoms with Crippen LogP contribution in [0.2, 0.25) is 0 Å². The minimum absolute atomic E-state index is 0.0356. The standard InChI is InChI=1S/C18H28N4O3/c1-21(2)18(24)14-12-19-20-17(14)15-8-3-5-9-22(15)16(23)11-13-7-4-6-10-25-13/h12-13,15H,3-11H2,1-2H3,(H,19,20). The van der Waals surface area contributed by atoms with Gasteiger partial charge in [0.1, 0.15) is 0 Å². The van der Waals surface area contributed by atoms with E-state index < -0.39 is 0 Å². The van der Waals surface area contributed by atoms with Crippen molar-refractivity contribution >= 4 is 11.8 Å². The number of carbonyl (C=O) groups is 2. The fourth-order valence-corrected chi connectivity index (χ4v) is 3.77. The topological polar surface area (TPSA) is 78.5 Å². The first kappa shape index (κ1) is 17.9. The van der Waals surface area contributed by atoms with Crippen molar-refractivity contribution in [1.82, 2.24) is 20.0 Å². The van der Waals surface area contributed by atoms with E-state index in [4.69, 9.17) is 4.74 Å². The van der Waals surface area contributed by atoms with E-state index in [1.165, 1.54) is 0 Å². The zero-order valence-electron chi connectivity index (χ0n) is 15.2. The van der Waals surface area contributed by atoms with Crippen LogP contribution in [0, 0.1) is 0 Å². The summed E-state index contributed by atoms with van der Waals surface area (Å²) < 4.78 is 5.73. The molecule has 0 aromatic carbocycles. The molecule has 2 aliphatic heterocycles. The van der Waals surface area contributed by atoms with Crippen molar-refractivity contribution in [3.63, 3.8) is 0 Å². The molecule has 0 radical (unpaired) electrons. The first-order chi connectivity index (χ1) is 12.1. The minimum atomic E-state index is -0.105. The summed E-state index contributed by atoms with van der Waals surface area (Å²) in [5, 5.41) is 7.05. The lowest BCUT2D eigenvalue weighted by Gasteiger charge is -2.37. The molecule has 1 aromatic rings. The number of likely N-dealkylation sites (tertiary alicyclic amines) is 1. The number of aromatic amines is 1. The van der Waals surface area contributed by atoms with Crippen molar-refractivity contribution < 1.29 is 14.3 Å². The Labute approximate surface area is 148 Å². The van der Waals surface area contributed by atoms with Gasteiger partial charge in [-0.3, -0.25) is 14.7 Å². The maximum absolute atomic E-state index is 12.9. The van der Waals surface area contributed by atoms with Gasteiger partial charge in [0, 0.05) is 27.2 Å². The Morgan fingerprint density at radius 1 is 1.28 bits per heavy atom. The molecule has 138 valence electrons. The third-order valence-electron chi connectivity index (χ3n) is 5.14. The van der Waals surface area contributed by atoms with Crippen LogP contribution in [-0.2, 0) is 9.53 Å². The zero-order valence-corrected chi connectivity index (χ0v) is 15.2. The molecular weight excluding hydrogens is 320 g/mol. The molecule has 2 atom stereocenters. The van der Waals surface area contributed by atoms with Crippen molar-refractivity contribution in [2.24, 2.45) is 0 Å². The average Bonchev–Trinajstić information content (AvgIpc) is 3.11. The third kappa shape index (κ3) is 4.03. The predicted molar refractivity (Wildman–Crippen MR) is 93.1 cm³/mol. The van der Waals surface area contributed by atoms with Gasteiger partial charge in [-0.2, -0.15) is 5.10 Å². The van der Waals surface area contributed by atoms with E-state index in [1.807, 2.05) is 4.90 Å². The van der Waals surface area contributed by atoms with Crippen LogP contribution in [0.1, 0.15) is 67.0 Å². The van der Waals surface area contributed by atoms with Gasteiger partial charge < -0.3 is 14.5 Å². The van der Waals surface area contributed by atoms with Gasteiger partial charge in [0.05, 0.1) is 36.0 Å². The second-order valence-electron chi connectivity index (χ2n) is 7.19. The molecule has 1 N–H and O–H groups in total. The maximum Gasteiger partial charge on any atom is 0.256 e. The summed E-state index contributed by atoms with van der Waals surface area (Å²) in [6.07, 6.45) is 8.10. The van der Waals surface area contributed by atoms with Crippen molar-refractivity contribution in [3.05, 3.63) is 17.5 Å². The monoisotopic (exact) mass is 348 g/mol. The van der Waals surface area contributed by atoms with E-state index in [-0.39, 0.29) is 24.0 Å². The minimum Gasteiger partial charge on any atom is -0.378 e. The highest BCUT2D eigenvalue weighted by molar-refractivity contribution is 5.95. The highest BCUT2D eigenvalue weighted by atomic mass is 16.5. The number of piperidine rings is 1. The number of rotatable bonds is 4. The highest BCUT2D eigenvalue weighted by Crippen LogP contribution is 2.33. The Morgan fingerprint density at radius 3 is 2.80 bits per heavy atom. The maximum atomic E-state index is 12.9. The van der Waals surface area contributed by atoms with Gasteiger partial charge in [-0.15, -0.1) is 0 Å². The van der Waals surface area contributed by atoms with E-state index in [1.54, 1.807) is 25.2 Å². The van der Waals surface area contributed by atoms with Crippen LogP contribution in [-0.4, -0.2) is 65.2 Å². The molecule has 3 rings (SSSR count). The summed E-state index contributed by atoms with van der Waals surface area (Å²) >= 11 is 0. The normalized spacial score (nSPS) is 24.2. The van der Waals surface area contributed by atoms with Crippen LogP contribution in [0.25, 0.3) is 0 Å². The second-order valence-corrected chi connectivity index (χ2v) is 7.19. The van der Waals surface area contributed by atoms with Gasteiger partial charge in [0.15, 0.2) is 0 Å². The lowest BCUT2D eigenvalue weighted by molar-refractivity contribution is -0.139. The van der Waals surface area contributed by atoms with E-state index >= 15 is 0 Å². The molecule has 2 amide bonds. The molecule has 7 heteroatoms. The molecule has 1 aromatic heterocycles. The third-order valence-corrected chi connectivity index (χ3v) is 5.14. The van der Waals surface area contributed by atoms with Crippen LogP contribution in [0.5, 0.6) is 0 Å². The number of nitrogens with zero attached hydrogens (tertiary/aromatic N) is 3. The van der Waals surface area contributed by atoms with Crippen LogP contribution in [0.15, 0.2) is 6.20 Å². The van der Waals surface area contributed by atoms with Gasteiger partial charge >= 0.3 is 0 Å². The van der Waals surface area contributed by atoms with E-state index in [9.17, 15) is 9.59 Å². The summed E-state index contributed by atoms with van der Waals surface area (Å²) in [7, 11) is 3.45. The predicted octanol–water partition coefficient (Wildman–Crippen LogP) is 2.12. The van der Waals surface area contributed by atoms with Crippen molar-refractivity contribution in [2.45, 2.75) is 57.1 Å². The number of carbonyl (C=O) groups excluding carboxylic acids is 2. The quantitative estimate of drug-likeness (QED) is 0.904. The molecule has 2 fully saturated rings. The molecule has 0 bridgehead atoms. The van der Waals surface area contributed by atoms with Gasteiger partial charge in [-0.05, 0) is 38.5 Å². The first-order valence-corrected chi connectivity index (χ1v) is 9.24.